The van der Waals surface area contributed by atoms with Crippen LogP contribution in [-0.2, 0) is 0 Å². The lowest BCUT2D eigenvalue weighted by Crippen LogP contribution is -1.76. The third-order valence-electron chi connectivity index (χ3n) is 1.87. The summed E-state index contributed by atoms with van der Waals surface area (Å²) in [5, 5.41) is 10.5. The molecule has 1 heterocycles. The van der Waals surface area contributed by atoms with Crippen molar-refractivity contribution in [3.05, 3.63) is 46.4 Å². The summed E-state index contributed by atoms with van der Waals surface area (Å²) in [5.41, 5.74) is 1.70. The van der Waals surface area contributed by atoms with E-state index in [1.807, 2.05) is 11.4 Å². The standard InChI is InChI=1S/C11H6FNS/c12-10-3-1-2-8(4-10)9-5-11(6-13)14-7-9/h1-5,7H. The molecule has 0 radical (unpaired) electrons. The van der Waals surface area contributed by atoms with E-state index in [2.05, 4.69) is 6.07 Å². The van der Waals surface area contributed by atoms with E-state index in [-0.39, 0.29) is 5.82 Å². The fourth-order valence-electron chi connectivity index (χ4n) is 1.21. The van der Waals surface area contributed by atoms with Crippen LogP contribution >= 0.6 is 11.3 Å². The Morgan fingerprint density at radius 2 is 2.07 bits per heavy atom. The Bertz CT molecular complexity index is 496. The molecular formula is C11H6FNS. The molecule has 2 aromatic rings. The first kappa shape index (κ1) is 8.92. The normalized spacial score (nSPS) is 9.71. The fourth-order valence-corrected chi connectivity index (χ4v) is 1.92. The zero-order chi connectivity index (χ0) is 9.97. The molecule has 68 valence electrons. The number of benzene rings is 1. The molecule has 0 unspecified atom stereocenters. The van der Waals surface area contributed by atoms with Gasteiger partial charge in [0.05, 0.1) is 0 Å². The Balaban J connectivity index is 2.45. The molecule has 0 bridgehead atoms. The first-order valence-corrected chi connectivity index (χ1v) is 4.92. The number of hydrogen-bond acceptors (Lipinski definition) is 2. The van der Waals surface area contributed by atoms with E-state index in [0.717, 1.165) is 11.1 Å². The minimum Gasteiger partial charge on any atom is -0.207 e. The van der Waals surface area contributed by atoms with Gasteiger partial charge in [-0.3, -0.25) is 0 Å². The average Bonchev–Trinajstić information content (AvgIpc) is 2.66. The highest BCUT2D eigenvalue weighted by Gasteiger charge is 2.02. The van der Waals surface area contributed by atoms with Gasteiger partial charge in [-0.1, -0.05) is 12.1 Å². The fraction of sp³-hybridized carbons (Fsp3) is 0. The van der Waals surface area contributed by atoms with Crippen LogP contribution in [0.4, 0.5) is 4.39 Å². The number of hydrogen-bond donors (Lipinski definition) is 0. The first-order valence-electron chi connectivity index (χ1n) is 4.04. The monoisotopic (exact) mass is 203 g/mol. The SMILES string of the molecule is N#Cc1cc(-c2cccc(F)c2)cs1. The number of nitrogens with zero attached hydrogens (tertiary/aromatic N) is 1. The maximum Gasteiger partial charge on any atom is 0.123 e. The molecule has 1 aromatic carbocycles. The molecule has 1 aromatic heterocycles. The van der Waals surface area contributed by atoms with Gasteiger partial charge in [0.1, 0.15) is 16.8 Å². The Morgan fingerprint density at radius 3 is 2.71 bits per heavy atom. The predicted octanol–water partition coefficient (Wildman–Crippen LogP) is 3.43. The molecule has 0 N–H and O–H groups in total. The van der Waals surface area contributed by atoms with E-state index in [0.29, 0.717) is 4.88 Å². The summed E-state index contributed by atoms with van der Waals surface area (Å²) in [7, 11) is 0. The van der Waals surface area contributed by atoms with Crippen LogP contribution in [0.5, 0.6) is 0 Å². The number of nitriles is 1. The summed E-state index contributed by atoms with van der Waals surface area (Å²) in [4.78, 5) is 0.643. The van der Waals surface area contributed by atoms with Gasteiger partial charge < -0.3 is 0 Å². The highest BCUT2D eigenvalue weighted by molar-refractivity contribution is 7.10. The lowest BCUT2D eigenvalue weighted by Gasteiger charge is -1.95. The van der Waals surface area contributed by atoms with Crippen molar-refractivity contribution < 1.29 is 4.39 Å². The van der Waals surface area contributed by atoms with Crippen molar-refractivity contribution in [2.24, 2.45) is 0 Å². The van der Waals surface area contributed by atoms with Crippen LogP contribution in [0.3, 0.4) is 0 Å². The molecule has 0 aliphatic rings. The zero-order valence-electron chi connectivity index (χ0n) is 7.20. The van der Waals surface area contributed by atoms with E-state index in [1.165, 1.54) is 23.5 Å². The number of halogens is 1. The highest BCUT2D eigenvalue weighted by atomic mass is 32.1. The molecular weight excluding hydrogens is 197 g/mol. The molecule has 0 aliphatic carbocycles. The van der Waals surface area contributed by atoms with Gasteiger partial charge in [-0.15, -0.1) is 11.3 Å². The highest BCUT2D eigenvalue weighted by Crippen LogP contribution is 2.25. The molecule has 0 aliphatic heterocycles. The topological polar surface area (TPSA) is 23.8 Å². The second-order valence-corrected chi connectivity index (χ2v) is 3.73. The number of rotatable bonds is 1. The van der Waals surface area contributed by atoms with Crippen LogP contribution in [0.2, 0.25) is 0 Å². The van der Waals surface area contributed by atoms with Gasteiger partial charge in [-0.25, -0.2) is 4.39 Å². The van der Waals surface area contributed by atoms with E-state index >= 15 is 0 Å². The summed E-state index contributed by atoms with van der Waals surface area (Å²) in [6, 6.07) is 10.2. The lowest BCUT2D eigenvalue weighted by atomic mass is 10.1. The van der Waals surface area contributed by atoms with Crippen LogP contribution in [0.1, 0.15) is 4.88 Å². The zero-order valence-corrected chi connectivity index (χ0v) is 8.01. The minimum absolute atomic E-state index is 0.257. The average molecular weight is 203 g/mol. The lowest BCUT2D eigenvalue weighted by molar-refractivity contribution is 0.628. The Hall–Kier alpha value is -1.66. The van der Waals surface area contributed by atoms with Gasteiger partial charge in [0.25, 0.3) is 0 Å². The summed E-state index contributed by atoms with van der Waals surface area (Å²) in [6.45, 7) is 0. The van der Waals surface area contributed by atoms with Crippen molar-refractivity contribution in [2.75, 3.05) is 0 Å². The first-order chi connectivity index (χ1) is 6.79. The van der Waals surface area contributed by atoms with Gasteiger partial charge in [0.2, 0.25) is 0 Å². The Labute approximate surface area is 85.1 Å². The largest absolute Gasteiger partial charge is 0.207 e. The third kappa shape index (κ3) is 1.66. The van der Waals surface area contributed by atoms with E-state index in [4.69, 9.17) is 5.26 Å². The van der Waals surface area contributed by atoms with Gasteiger partial charge in [0, 0.05) is 0 Å². The summed E-state index contributed by atoms with van der Waals surface area (Å²) in [6.07, 6.45) is 0. The molecule has 0 spiro atoms. The van der Waals surface area contributed by atoms with E-state index in [1.54, 1.807) is 12.1 Å². The van der Waals surface area contributed by atoms with Crippen LogP contribution in [-0.4, -0.2) is 0 Å². The second-order valence-electron chi connectivity index (χ2n) is 2.82. The van der Waals surface area contributed by atoms with Crippen LogP contribution in [0.25, 0.3) is 11.1 Å². The summed E-state index contributed by atoms with van der Waals surface area (Å²) < 4.78 is 12.9. The Morgan fingerprint density at radius 1 is 1.21 bits per heavy atom. The van der Waals surface area contributed by atoms with Crippen molar-refractivity contribution in [1.29, 1.82) is 5.26 Å². The maximum atomic E-state index is 12.9. The van der Waals surface area contributed by atoms with Crippen LogP contribution in [0.15, 0.2) is 35.7 Å². The van der Waals surface area contributed by atoms with Gasteiger partial charge in [-0.2, -0.15) is 5.26 Å². The second kappa shape index (κ2) is 3.60. The van der Waals surface area contributed by atoms with Gasteiger partial charge in [-0.05, 0) is 34.7 Å². The van der Waals surface area contributed by atoms with Crippen molar-refractivity contribution >= 4 is 11.3 Å². The molecule has 0 saturated carbocycles. The van der Waals surface area contributed by atoms with Crippen LogP contribution < -0.4 is 0 Å². The van der Waals surface area contributed by atoms with Crippen molar-refractivity contribution in [3.63, 3.8) is 0 Å². The smallest absolute Gasteiger partial charge is 0.123 e. The quantitative estimate of drug-likeness (QED) is 0.696. The summed E-state index contributed by atoms with van der Waals surface area (Å²) >= 11 is 1.37. The maximum absolute atomic E-state index is 12.9. The predicted molar refractivity (Wildman–Crippen MR) is 54.4 cm³/mol. The third-order valence-corrected chi connectivity index (χ3v) is 2.70. The van der Waals surface area contributed by atoms with Crippen molar-refractivity contribution in [1.82, 2.24) is 0 Å². The molecule has 14 heavy (non-hydrogen) atoms. The van der Waals surface area contributed by atoms with E-state index in [9.17, 15) is 4.39 Å². The molecule has 0 fully saturated rings. The van der Waals surface area contributed by atoms with Crippen LogP contribution in [0, 0.1) is 17.1 Å². The Kier molecular flexibility index (Phi) is 2.30. The molecule has 0 saturated heterocycles. The van der Waals surface area contributed by atoms with Gasteiger partial charge in [0.15, 0.2) is 0 Å². The molecule has 3 heteroatoms. The van der Waals surface area contributed by atoms with Crippen molar-refractivity contribution in [2.45, 2.75) is 0 Å². The molecule has 1 nitrogen and oxygen atoms in total. The van der Waals surface area contributed by atoms with Crippen molar-refractivity contribution in [3.8, 4) is 17.2 Å². The summed E-state index contributed by atoms with van der Waals surface area (Å²) in [5.74, 6) is -0.257. The molecule has 0 amide bonds. The van der Waals surface area contributed by atoms with Gasteiger partial charge >= 0.3 is 0 Å². The molecule has 2 rings (SSSR count). The number of thiophene rings is 1. The van der Waals surface area contributed by atoms with E-state index < -0.39 is 0 Å². The minimum atomic E-state index is -0.257. The molecule has 0 atom stereocenters.